The van der Waals surface area contributed by atoms with Crippen LogP contribution in [0.5, 0.6) is 0 Å². The van der Waals surface area contributed by atoms with Crippen molar-refractivity contribution in [2.45, 2.75) is 116 Å². The number of allylic oxidation sites excluding steroid dienone is 1. The third-order valence-corrected chi connectivity index (χ3v) is 8.33. The maximum atomic E-state index is 10.7. The van der Waals surface area contributed by atoms with Crippen LogP contribution in [0.3, 0.4) is 0 Å². The predicted molar refractivity (Wildman–Crippen MR) is 133 cm³/mol. The van der Waals surface area contributed by atoms with Gasteiger partial charge < -0.3 is 19.5 Å². The number of rotatable bonds is 4. The van der Waals surface area contributed by atoms with Crippen LogP contribution in [0.25, 0.3) is 0 Å². The lowest BCUT2D eigenvalue weighted by Gasteiger charge is -2.36. The molecule has 1 spiro atoms. The van der Waals surface area contributed by atoms with Crippen LogP contribution >= 0.6 is 0 Å². The first-order valence-electron chi connectivity index (χ1n) is 13.5. The standard InChI is InChI=1S/C15H24O2.C10H18N2O2.C2H6/c1-11(2)7-8-13-14(3,17-13)12-6-4-5-9-15(12)10-16-15;13-10(14)12-7-5-11(6-8-12)9-3-1-2-4-9;1-2/h7,12-13H,4-6,8-10H2,1-3H3;9H,1-8H2,(H,13,14);1-2H3/t12-,13-,14-,15+;;/m1../s1. The fourth-order valence-corrected chi connectivity index (χ4v) is 6.21. The summed E-state index contributed by atoms with van der Waals surface area (Å²) in [6, 6.07) is 0.742. The zero-order valence-corrected chi connectivity index (χ0v) is 21.8. The summed E-state index contributed by atoms with van der Waals surface area (Å²) in [6.45, 7) is 14.8. The molecule has 5 fully saturated rings. The van der Waals surface area contributed by atoms with Gasteiger partial charge >= 0.3 is 6.09 Å². The minimum Gasteiger partial charge on any atom is -0.465 e. The van der Waals surface area contributed by atoms with Crippen molar-refractivity contribution in [3.63, 3.8) is 0 Å². The topological polar surface area (TPSA) is 68.8 Å². The van der Waals surface area contributed by atoms with Gasteiger partial charge in [0.05, 0.1) is 23.9 Å². The van der Waals surface area contributed by atoms with Crippen molar-refractivity contribution in [3.05, 3.63) is 11.6 Å². The molecule has 1 N–H and O–H groups in total. The molecule has 6 heteroatoms. The number of carboxylic acid groups (broad SMARTS) is 1. The zero-order valence-electron chi connectivity index (χ0n) is 21.8. The monoisotopic (exact) mass is 464 g/mol. The van der Waals surface area contributed by atoms with Gasteiger partial charge in [-0.05, 0) is 52.9 Å². The predicted octanol–water partition coefficient (Wildman–Crippen LogP) is 5.71. The van der Waals surface area contributed by atoms with Crippen molar-refractivity contribution in [2.24, 2.45) is 5.92 Å². The third-order valence-electron chi connectivity index (χ3n) is 8.33. The molecule has 0 aromatic heterocycles. The Kier molecular flexibility index (Phi) is 9.27. The van der Waals surface area contributed by atoms with Gasteiger partial charge in [0.15, 0.2) is 0 Å². The Morgan fingerprint density at radius 2 is 1.64 bits per heavy atom. The summed E-state index contributed by atoms with van der Waals surface area (Å²) in [5.74, 6) is 0.638. The number of amides is 1. The molecule has 2 aliphatic carbocycles. The Hall–Kier alpha value is -1.11. The minimum atomic E-state index is -0.768. The Balaban J connectivity index is 0.000000176. The Bertz CT molecular complexity index is 659. The van der Waals surface area contributed by atoms with Crippen molar-refractivity contribution in [2.75, 3.05) is 32.8 Å². The molecule has 0 aromatic rings. The molecule has 3 heterocycles. The molecule has 33 heavy (non-hydrogen) atoms. The largest absolute Gasteiger partial charge is 0.465 e. The van der Waals surface area contributed by atoms with Gasteiger partial charge in [-0.1, -0.05) is 51.2 Å². The summed E-state index contributed by atoms with van der Waals surface area (Å²) in [5, 5.41) is 8.80. The van der Waals surface area contributed by atoms with E-state index in [-0.39, 0.29) is 11.2 Å². The van der Waals surface area contributed by atoms with Gasteiger partial charge in [-0.3, -0.25) is 4.90 Å². The number of ether oxygens (including phenoxy) is 2. The van der Waals surface area contributed by atoms with E-state index in [9.17, 15) is 4.79 Å². The van der Waals surface area contributed by atoms with E-state index in [2.05, 4.69) is 31.7 Å². The number of hydrogen-bond acceptors (Lipinski definition) is 4. The van der Waals surface area contributed by atoms with Gasteiger partial charge in [-0.2, -0.15) is 0 Å². The van der Waals surface area contributed by atoms with Crippen LogP contribution in [-0.4, -0.2) is 77.1 Å². The van der Waals surface area contributed by atoms with Crippen molar-refractivity contribution in [1.82, 2.24) is 9.80 Å². The molecule has 5 rings (SSSR count). The van der Waals surface area contributed by atoms with E-state index in [4.69, 9.17) is 14.6 Å². The molecule has 0 bridgehead atoms. The lowest BCUT2D eigenvalue weighted by Crippen LogP contribution is -2.51. The van der Waals surface area contributed by atoms with Crippen LogP contribution in [0.4, 0.5) is 4.79 Å². The van der Waals surface area contributed by atoms with Gasteiger partial charge in [0.1, 0.15) is 0 Å². The average Bonchev–Trinajstić information content (AvgIpc) is 3.65. The van der Waals surface area contributed by atoms with E-state index >= 15 is 0 Å². The fourth-order valence-electron chi connectivity index (χ4n) is 6.21. The second-order valence-electron chi connectivity index (χ2n) is 10.7. The Morgan fingerprint density at radius 1 is 1.03 bits per heavy atom. The molecule has 0 unspecified atom stereocenters. The molecule has 4 atom stereocenters. The smallest absolute Gasteiger partial charge is 0.407 e. The molecular weight excluding hydrogens is 416 g/mol. The number of carbonyl (C=O) groups is 1. The van der Waals surface area contributed by atoms with E-state index in [0.717, 1.165) is 32.2 Å². The highest BCUT2D eigenvalue weighted by atomic mass is 16.6. The first kappa shape index (κ1) is 26.5. The van der Waals surface area contributed by atoms with Crippen molar-refractivity contribution >= 4 is 6.09 Å². The molecule has 3 aliphatic heterocycles. The summed E-state index contributed by atoms with van der Waals surface area (Å²) in [7, 11) is 0. The zero-order chi connectivity index (χ0) is 24.1. The maximum absolute atomic E-state index is 10.7. The lowest BCUT2D eigenvalue weighted by atomic mass is 9.71. The van der Waals surface area contributed by atoms with E-state index < -0.39 is 6.09 Å². The van der Waals surface area contributed by atoms with Gasteiger partial charge in [-0.15, -0.1) is 0 Å². The molecule has 1 amide bonds. The summed E-state index contributed by atoms with van der Waals surface area (Å²) in [4.78, 5) is 14.7. The molecular formula is C27H48N2O4. The maximum Gasteiger partial charge on any atom is 0.407 e. The van der Waals surface area contributed by atoms with E-state index in [1.807, 2.05) is 13.8 Å². The summed E-state index contributed by atoms with van der Waals surface area (Å²) >= 11 is 0. The van der Waals surface area contributed by atoms with Crippen molar-refractivity contribution in [3.8, 4) is 0 Å². The van der Waals surface area contributed by atoms with Gasteiger partial charge in [0.2, 0.25) is 0 Å². The molecule has 6 nitrogen and oxygen atoms in total. The fraction of sp³-hybridized carbons (Fsp3) is 0.889. The minimum absolute atomic E-state index is 0.100. The molecule has 0 aromatic carbocycles. The summed E-state index contributed by atoms with van der Waals surface area (Å²) in [6.07, 6.45) is 13.6. The Morgan fingerprint density at radius 3 is 2.18 bits per heavy atom. The highest BCUT2D eigenvalue weighted by molar-refractivity contribution is 5.65. The lowest BCUT2D eigenvalue weighted by molar-refractivity contribution is 0.0862. The second kappa shape index (κ2) is 11.5. The van der Waals surface area contributed by atoms with Crippen LogP contribution in [0.2, 0.25) is 0 Å². The average molecular weight is 465 g/mol. The molecule has 3 saturated heterocycles. The number of piperazine rings is 1. The molecule has 190 valence electrons. The number of nitrogens with zero attached hydrogens (tertiary/aromatic N) is 2. The van der Waals surface area contributed by atoms with Crippen LogP contribution in [0.15, 0.2) is 11.6 Å². The quantitative estimate of drug-likeness (QED) is 0.426. The third kappa shape index (κ3) is 6.52. The van der Waals surface area contributed by atoms with Gasteiger partial charge in [0, 0.05) is 38.1 Å². The normalized spacial score (nSPS) is 35.7. The van der Waals surface area contributed by atoms with Crippen LogP contribution in [-0.2, 0) is 9.47 Å². The highest BCUT2D eigenvalue weighted by Crippen LogP contribution is 2.58. The van der Waals surface area contributed by atoms with E-state index in [0.29, 0.717) is 25.1 Å². The van der Waals surface area contributed by atoms with Crippen LogP contribution < -0.4 is 0 Å². The van der Waals surface area contributed by atoms with Gasteiger partial charge in [-0.25, -0.2) is 4.79 Å². The molecule has 0 radical (unpaired) electrons. The van der Waals surface area contributed by atoms with Crippen molar-refractivity contribution in [1.29, 1.82) is 0 Å². The summed E-state index contributed by atoms with van der Waals surface area (Å²) in [5.41, 5.74) is 1.71. The van der Waals surface area contributed by atoms with Crippen molar-refractivity contribution < 1.29 is 19.4 Å². The first-order chi connectivity index (χ1) is 15.8. The summed E-state index contributed by atoms with van der Waals surface area (Å²) < 4.78 is 11.8. The Labute approximate surface area is 201 Å². The highest BCUT2D eigenvalue weighted by Gasteiger charge is 2.67. The number of hydrogen-bond donors (Lipinski definition) is 1. The molecule has 2 saturated carbocycles. The van der Waals surface area contributed by atoms with E-state index in [1.165, 1.54) is 61.8 Å². The van der Waals surface area contributed by atoms with Crippen LogP contribution in [0.1, 0.15) is 92.4 Å². The van der Waals surface area contributed by atoms with Crippen LogP contribution in [0, 0.1) is 5.92 Å². The first-order valence-corrected chi connectivity index (χ1v) is 13.5. The molecule has 5 aliphatic rings. The van der Waals surface area contributed by atoms with E-state index in [1.54, 1.807) is 0 Å². The SMILES string of the molecule is CC.CC(C)=CC[C@H]1O[C@]1(C)[C@H]1CCCC[C@]12CO2.O=C(O)N1CCN(C2CCCC2)CC1. The van der Waals surface area contributed by atoms with Gasteiger partial charge in [0.25, 0.3) is 0 Å². The number of epoxide rings is 2. The second-order valence-corrected chi connectivity index (χ2v) is 10.7.